The smallest absolute Gasteiger partial charge is 0.381 e. The van der Waals surface area contributed by atoms with E-state index in [4.69, 9.17) is 4.74 Å². The van der Waals surface area contributed by atoms with Gasteiger partial charge in [0.2, 0.25) is 5.91 Å². The van der Waals surface area contributed by atoms with Gasteiger partial charge < -0.3 is 10.1 Å². The quantitative estimate of drug-likeness (QED) is 0.934. The molecule has 24 heavy (non-hydrogen) atoms. The molecule has 1 aliphatic heterocycles. The molecule has 0 atom stereocenters. The minimum Gasteiger partial charge on any atom is -0.381 e. The van der Waals surface area contributed by atoms with Crippen molar-refractivity contribution in [3.63, 3.8) is 0 Å². The Kier molecular flexibility index (Phi) is 4.57. The summed E-state index contributed by atoms with van der Waals surface area (Å²) in [7, 11) is 0. The van der Waals surface area contributed by atoms with Crippen LogP contribution in [0.4, 0.5) is 18.9 Å². The lowest BCUT2D eigenvalue weighted by Crippen LogP contribution is -2.29. The number of rotatable bonds is 3. The van der Waals surface area contributed by atoms with Crippen LogP contribution in [0.2, 0.25) is 0 Å². The van der Waals surface area contributed by atoms with Crippen molar-refractivity contribution in [3.8, 4) is 5.69 Å². The predicted octanol–water partition coefficient (Wildman–Crippen LogP) is 3.26. The molecule has 1 saturated heterocycles. The van der Waals surface area contributed by atoms with Crippen molar-refractivity contribution in [3.05, 3.63) is 42.2 Å². The van der Waals surface area contributed by atoms with Gasteiger partial charge in [0, 0.05) is 31.5 Å². The van der Waals surface area contributed by atoms with E-state index in [0.717, 1.165) is 12.1 Å². The second-order valence-electron chi connectivity index (χ2n) is 5.56. The number of halogens is 3. The summed E-state index contributed by atoms with van der Waals surface area (Å²) in [6.45, 7) is 0.958. The molecule has 3 rings (SSSR count). The zero-order valence-corrected chi connectivity index (χ0v) is 12.7. The van der Waals surface area contributed by atoms with Crippen LogP contribution < -0.4 is 5.32 Å². The maximum absolute atomic E-state index is 13.0. The number of nitrogens with one attached hydrogen (secondary N) is 1. The molecule has 1 aliphatic rings. The molecule has 8 heteroatoms. The van der Waals surface area contributed by atoms with Gasteiger partial charge in [0.05, 0.1) is 16.9 Å². The van der Waals surface area contributed by atoms with Crippen molar-refractivity contribution < 1.29 is 22.7 Å². The van der Waals surface area contributed by atoms with Gasteiger partial charge in [-0.05, 0) is 37.1 Å². The Morgan fingerprint density at radius 3 is 2.67 bits per heavy atom. The maximum atomic E-state index is 13.0. The molecule has 5 nitrogen and oxygen atoms in total. The first-order valence-electron chi connectivity index (χ1n) is 7.55. The Bertz CT molecular complexity index is 708. The monoisotopic (exact) mass is 339 g/mol. The van der Waals surface area contributed by atoms with E-state index < -0.39 is 11.7 Å². The van der Waals surface area contributed by atoms with E-state index >= 15 is 0 Å². The van der Waals surface area contributed by atoms with Gasteiger partial charge >= 0.3 is 6.18 Å². The third-order valence-electron chi connectivity index (χ3n) is 3.93. The zero-order valence-electron chi connectivity index (χ0n) is 12.7. The molecule has 0 bridgehead atoms. The molecule has 0 radical (unpaired) electrons. The number of carbonyl (C=O) groups is 1. The SMILES string of the molecule is O=C(Nc1cc(C(F)(F)F)ccc1-n1cccn1)C1CCOCC1. The van der Waals surface area contributed by atoms with E-state index in [0.29, 0.717) is 31.7 Å². The van der Waals surface area contributed by atoms with Crippen LogP contribution in [-0.2, 0) is 15.7 Å². The van der Waals surface area contributed by atoms with Crippen molar-refractivity contribution in [2.75, 3.05) is 18.5 Å². The minimum atomic E-state index is -4.49. The highest BCUT2D eigenvalue weighted by molar-refractivity contribution is 5.94. The fourth-order valence-corrected chi connectivity index (χ4v) is 2.62. The Morgan fingerprint density at radius 1 is 1.29 bits per heavy atom. The number of carbonyl (C=O) groups excluding carboxylic acids is 1. The molecule has 1 aromatic heterocycles. The van der Waals surface area contributed by atoms with Gasteiger partial charge in [-0.3, -0.25) is 4.79 Å². The summed E-state index contributed by atoms with van der Waals surface area (Å²) in [6.07, 6.45) is -0.251. The third-order valence-corrected chi connectivity index (χ3v) is 3.93. The van der Waals surface area contributed by atoms with Crippen molar-refractivity contribution in [2.45, 2.75) is 19.0 Å². The van der Waals surface area contributed by atoms with E-state index in [1.165, 1.54) is 16.9 Å². The van der Waals surface area contributed by atoms with Crippen molar-refractivity contribution in [2.24, 2.45) is 5.92 Å². The molecule has 1 fully saturated rings. The van der Waals surface area contributed by atoms with E-state index in [2.05, 4.69) is 10.4 Å². The number of hydrogen-bond acceptors (Lipinski definition) is 3. The summed E-state index contributed by atoms with van der Waals surface area (Å²) in [5.41, 5.74) is -0.348. The van der Waals surface area contributed by atoms with Crippen LogP contribution in [0.15, 0.2) is 36.7 Å². The van der Waals surface area contributed by atoms with Crippen LogP contribution >= 0.6 is 0 Å². The summed E-state index contributed by atoms with van der Waals surface area (Å²) in [6, 6.07) is 4.87. The van der Waals surface area contributed by atoms with Crippen LogP contribution in [0.3, 0.4) is 0 Å². The first-order chi connectivity index (χ1) is 11.4. The van der Waals surface area contributed by atoms with Crippen LogP contribution in [-0.4, -0.2) is 28.9 Å². The van der Waals surface area contributed by atoms with Crippen LogP contribution in [0, 0.1) is 5.92 Å². The van der Waals surface area contributed by atoms with Gasteiger partial charge in [-0.1, -0.05) is 0 Å². The van der Waals surface area contributed by atoms with Gasteiger partial charge in [-0.2, -0.15) is 18.3 Å². The van der Waals surface area contributed by atoms with Crippen molar-refractivity contribution in [1.29, 1.82) is 0 Å². The molecule has 1 aromatic carbocycles. The summed E-state index contributed by atoms with van der Waals surface area (Å²) >= 11 is 0. The third kappa shape index (κ3) is 3.59. The number of anilines is 1. The molecule has 128 valence electrons. The molecule has 1 amide bonds. The normalized spacial score (nSPS) is 16.1. The number of aromatic nitrogens is 2. The van der Waals surface area contributed by atoms with Gasteiger partial charge in [-0.25, -0.2) is 4.68 Å². The Balaban J connectivity index is 1.92. The van der Waals surface area contributed by atoms with Crippen LogP contribution in [0.25, 0.3) is 5.69 Å². The van der Waals surface area contributed by atoms with E-state index in [1.54, 1.807) is 12.3 Å². The summed E-state index contributed by atoms with van der Waals surface area (Å²) in [4.78, 5) is 12.4. The second kappa shape index (κ2) is 6.64. The molecule has 2 aromatic rings. The number of nitrogens with zero attached hydrogens (tertiary/aromatic N) is 2. The number of hydrogen-bond donors (Lipinski definition) is 1. The van der Waals surface area contributed by atoms with Crippen molar-refractivity contribution >= 4 is 11.6 Å². The Labute approximate surface area is 136 Å². The minimum absolute atomic E-state index is 0.0880. The summed E-state index contributed by atoms with van der Waals surface area (Å²) < 4.78 is 45.6. The van der Waals surface area contributed by atoms with E-state index in [9.17, 15) is 18.0 Å². The molecule has 0 spiro atoms. The lowest BCUT2D eigenvalue weighted by molar-refractivity contribution is -0.137. The molecular weight excluding hydrogens is 323 g/mol. The molecule has 0 saturated carbocycles. The predicted molar refractivity (Wildman–Crippen MR) is 80.7 cm³/mol. The number of ether oxygens (including phenoxy) is 1. The fraction of sp³-hybridized carbons (Fsp3) is 0.375. The van der Waals surface area contributed by atoms with Crippen LogP contribution in [0.1, 0.15) is 18.4 Å². The van der Waals surface area contributed by atoms with Crippen molar-refractivity contribution in [1.82, 2.24) is 9.78 Å². The summed E-state index contributed by atoms with van der Waals surface area (Å²) in [5.74, 6) is -0.565. The highest BCUT2D eigenvalue weighted by Gasteiger charge is 2.32. The Hall–Kier alpha value is -2.35. The number of amides is 1. The topological polar surface area (TPSA) is 56.2 Å². The van der Waals surface area contributed by atoms with Gasteiger partial charge in [0.1, 0.15) is 0 Å². The molecule has 1 N–H and O–H groups in total. The molecular formula is C16H16F3N3O2. The standard InChI is InChI=1S/C16H16F3N3O2/c17-16(18,19)12-2-3-14(22-7-1-6-20-22)13(10-12)21-15(23)11-4-8-24-9-5-11/h1-3,6-7,10-11H,4-5,8-9H2,(H,21,23). The fourth-order valence-electron chi connectivity index (χ4n) is 2.62. The number of alkyl halides is 3. The van der Waals surface area contributed by atoms with Gasteiger partial charge in [-0.15, -0.1) is 0 Å². The second-order valence-corrected chi connectivity index (χ2v) is 5.56. The Morgan fingerprint density at radius 2 is 2.04 bits per heavy atom. The average molecular weight is 339 g/mol. The zero-order chi connectivity index (χ0) is 17.2. The first-order valence-corrected chi connectivity index (χ1v) is 7.55. The van der Waals surface area contributed by atoms with Gasteiger partial charge in [0.15, 0.2) is 0 Å². The highest BCUT2D eigenvalue weighted by atomic mass is 19.4. The molecule has 0 aliphatic carbocycles. The summed E-state index contributed by atoms with van der Waals surface area (Å²) in [5, 5.41) is 6.65. The first kappa shape index (κ1) is 16.5. The lowest BCUT2D eigenvalue weighted by Gasteiger charge is -2.22. The molecule has 0 unspecified atom stereocenters. The average Bonchev–Trinajstić information content (AvgIpc) is 3.09. The van der Waals surface area contributed by atoms with E-state index in [1.807, 2.05) is 0 Å². The molecule has 2 heterocycles. The number of benzene rings is 1. The van der Waals surface area contributed by atoms with Crippen LogP contribution in [0.5, 0.6) is 0 Å². The highest BCUT2D eigenvalue weighted by Crippen LogP contribution is 2.33. The maximum Gasteiger partial charge on any atom is 0.416 e. The lowest BCUT2D eigenvalue weighted by atomic mass is 9.99. The van der Waals surface area contributed by atoms with E-state index in [-0.39, 0.29) is 17.5 Å². The largest absolute Gasteiger partial charge is 0.416 e. The van der Waals surface area contributed by atoms with Gasteiger partial charge in [0.25, 0.3) is 0 Å².